The normalized spacial score (nSPS) is 36.0. The van der Waals surface area contributed by atoms with Crippen LogP contribution in [0.15, 0.2) is 4.99 Å². The number of carbonyl (C=O) groups excluding carboxylic acids is 1. The van der Waals surface area contributed by atoms with E-state index in [-0.39, 0.29) is 30.2 Å². The van der Waals surface area contributed by atoms with Gasteiger partial charge in [-0.3, -0.25) is 20.4 Å². The van der Waals surface area contributed by atoms with Gasteiger partial charge in [-0.25, -0.2) is 14.8 Å². The summed E-state index contributed by atoms with van der Waals surface area (Å²) in [7, 11) is 0. The number of hydrazine groups is 1. The molecular weight excluding hydrogens is 375 g/mol. The van der Waals surface area contributed by atoms with Crippen molar-refractivity contribution in [3.63, 3.8) is 0 Å². The van der Waals surface area contributed by atoms with Crippen molar-refractivity contribution >= 4 is 11.9 Å². The maximum Gasteiger partial charge on any atom is 0.257 e. The lowest BCUT2D eigenvalue weighted by Gasteiger charge is -2.28. The molecule has 0 radical (unpaired) electrons. The number of carbonyl (C=O) groups is 1. The average molecular weight is 413 g/mol. The lowest BCUT2D eigenvalue weighted by molar-refractivity contribution is -0.131. The van der Waals surface area contributed by atoms with Crippen LogP contribution in [0, 0.1) is 11.8 Å². The molecule has 0 aromatic heterocycles. The molecule has 0 aromatic carbocycles. The maximum atomic E-state index is 13.4. The second kappa shape index (κ2) is 10.1. The number of aliphatic imine (C=N–C) groups is 1. The molecule has 3 rings (SSSR count). The molecule has 2 saturated heterocycles. The summed E-state index contributed by atoms with van der Waals surface area (Å²) in [6.45, 7) is 8.21. The van der Waals surface area contributed by atoms with E-state index in [9.17, 15) is 9.18 Å². The lowest BCUT2D eigenvalue weighted by atomic mass is 9.82. The molecule has 0 aromatic rings. The second-order valence-corrected chi connectivity index (χ2v) is 9.24. The van der Waals surface area contributed by atoms with Crippen LogP contribution >= 0.6 is 0 Å². The highest BCUT2D eigenvalue weighted by atomic mass is 19.1. The van der Waals surface area contributed by atoms with Crippen molar-refractivity contribution in [2.24, 2.45) is 16.8 Å². The van der Waals surface area contributed by atoms with Gasteiger partial charge in [0.05, 0.1) is 0 Å². The summed E-state index contributed by atoms with van der Waals surface area (Å²) in [4.78, 5) is 22.8. The standard InChI is InChI=1S/C20H37FN6O2/c1-11(2)15-9-17(29-27-15)19(28)24-20(22-12(3)4)23-18-10-16(25-26-18)13-5-7-14(21)8-6-13/h11-18,25-27H,5-10H2,1-4H3,(H2,22,23,24,28). The molecule has 166 valence electrons. The van der Waals surface area contributed by atoms with Crippen molar-refractivity contribution < 1.29 is 14.0 Å². The molecule has 5 N–H and O–H groups in total. The van der Waals surface area contributed by atoms with Gasteiger partial charge in [-0.15, -0.1) is 0 Å². The summed E-state index contributed by atoms with van der Waals surface area (Å²) in [5, 5.41) is 6.11. The largest absolute Gasteiger partial charge is 0.354 e. The SMILES string of the molecule is CC(C)N/C(=N\C1CC(C2CCC(F)CC2)NN1)NC(=O)C1CC(C(C)C)NO1. The van der Waals surface area contributed by atoms with E-state index in [4.69, 9.17) is 9.83 Å². The number of amides is 1. The molecular formula is C20H37FN6O2. The Morgan fingerprint density at radius 2 is 1.83 bits per heavy atom. The zero-order chi connectivity index (χ0) is 21.0. The first-order chi connectivity index (χ1) is 13.8. The van der Waals surface area contributed by atoms with Crippen LogP contribution in [0.3, 0.4) is 0 Å². The van der Waals surface area contributed by atoms with Crippen molar-refractivity contribution in [3.8, 4) is 0 Å². The molecule has 1 amide bonds. The smallest absolute Gasteiger partial charge is 0.257 e. The molecule has 2 aliphatic heterocycles. The third-order valence-corrected chi connectivity index (χ3v) is 6.06. The van der Waals surface area contributed by atoms with Gasteiger partial charge in [-0.1, -0.05) is 13.8 Å². The Hall–Kier alpha value is -1.29. The molecule has 0 bridgehead atoms. The van der Waals surface area contributed by atoms with Crippen molar-refractivity contribution in [1.29, 1.82) is 0 Å². The Kier molecular flexibility index (Phi) is 7.84. The van der Waals surface area contributed by atoms with Gasteiger partial charge in [0, 0.05) is 31.0 Å². The minimum atomic E-state index is -0.644. The highest BCUT2D eigenvalue weighted by molar-refractivity contribution is 5.99. The van der Waals surface area contributed by atoms with E-state index in [1.54, 1.807) is 0 Å². The highest BCUT2D eigenvalue weighted by Crippen LogP contribution is 2.31. The Bertz CT molecular complexity index is 579. The van der Waals surface area contributed by atoms with Gasteiger partial charge >= 0.3 is 0 Å². The quantitative estimate of drug-likeness (QED) is 0.347. The van der Waals surface area contributed by atoms with Gasteiger partial charge in [-0.2, -0.15) is 5.48 Å². The van der Waals surface area contributed by atoms with Crippen molar-refractivity contribution in [2.75, 3.05) is 0 Å². The zero-order valence-electron chi connectivity index (χ0n) is 18.0. The molecule has 1 saturated carbocycles. The minimum absolute atomic E-state index is 0.130. The van der Waals surface area contributed by atoms with Crippen LogP contribution in [0.5, 0.6) is 0 Å². The van der Waals surface area contributed by atoms with Crippen molar-refractivity contribution in [3.05, 3.63) is 0 Å². The van der Waals surface area contributed by atoms with Crippen LogP contribution in [0.2, 0.25) is 0 Å². The molecule has 9 heteroatoms. The fraction of sp³-hybridized carbons (Fsp3) is 0.900. The Labute approximate surface area is 173 Å². The van der Waals surface area contributed by atoms with Crippen LogP contribution in [0.4, 0.5) is 4.39 Å². The third kappa shape index (κ3) is 6.34. The van der Waals surface area contributed by atoms with Gasteiger partial charge in [0.1, 0.15) is 12.3 Å². The molecule has 4 atom stereocenters. The average Bonchev–Trinajstić information content (AvgIpc) is 3.31. The van der Waals surface area contributed by atoms with E-state index >= 15 is 0 Å². The zero-order valence-corrected chi connectivity index (χ0v) is 18.0. The van der Waals surface area contributed by atoms with Gasteiger partial charge < -0.3 is 5.32 Å². The summed E-state index contributed by atoms with van der Waals surface area (Å²) < 4.78 is 13.4. The summed E-state index contributed by atoms with van der Waals surface area (Å²) in [5.74, 6) is 1.12. The maximum absolute atomic E-state index is 13.4. The first-order valence-electron chi connectivity index (χ1n) is 11.0. The van der Waals surface area contributed by atoms with Crippen LogP contribution in [0.1, 0.15) is 66.2 Å². The summed E-state index contributed by atoms with van der Waals surface area (Å²) in [6.07, 6.45) is 3.27. The molecule has 3 fully saturated rings. The fourth-order valence-electron chi connectivity index (χ4n) is 4.24. The number of nitrogens with zero attached hydrogens (tertiary/aromatic N) is 1. The van der Waals surface area contributed by atoms with Crippen molar-refractivity contribution in [2.45, 2.75) is 103 Å². The van der Waals surface area contributed by atoms with E-state index < -0.39 is 12.3 Å². The van der Waals surface area contributed by atoms with Gasteiger partial charge in [0.15, 0.2) is 12.1 Å². The Balaban J connectivity index is 1.55. The van der Waals surface area contributed by atoms with Crippen LogP contribution < -0.4 is 27.0 Å². The first-order valence-corrected chi connectivity index (χ1v) is 11.0. The number of hydroxylamine groups is 1. The summed E-state index contributed by atoms with van der Waals surface area (Å²) in [6, 6.07) is 0.580. The Morgan fingerprint density at radius 1 is 1.10 bits per heavy atom. The predicted octanol–water partition coefficient (Wildman–Crippen LogP) is 1.50. The monoisotopic (exact) mass is 412 g/mol. The number of hydrogen-bond donors (Lipinski definition) is 5. The highest BCUT2D eigenvalue weighted by Gasteiger charge is 2.35. The molecule has 3 aliphatic rings. The van der Waals surface area contributed by atoms with Crippen LogP contribution in [0.25, 0.3) is 0 Å². The number of guanidine groups is 1. The molecule has 1 aliphatic carbocycles. The van der Waals surface area contributed by atoms with Crippen molar-refractivity contribution in [1.82, 2.24) is 27.0 Å². The van der Waals surface area contributed by atoms with E-state index in [1.807, 2.05) is 13.8 Å². The number of rotatable bonds is 5. The molecule has 2 heterocycles. The number of halogens is 1. The molecule has 0 spiro atoms. The molecule has 29 heavy (non-hydrogen) atoms. The number of nitrogens with one attached hydrogen (secondary N) is 5. The third-order valence-electron chi connectivity index (χ3n) is 6.06. The number of hydrogen-bond acceptors (Lipinski definition) is 6. The van der Waals surface area contributed by atoms with E-state index in [2.05, 4.69) is 40.8 Å². The first kappa shape index (κ1) is 22.4. The number of alkyl halides is 1. The summed E-state index contributed by atoms with van der Waals surface area (Å²) >= 11 is 0. The second-order valence-electron chi connectivity index (χ2n) is 9.24. The van der Waals surface area contributed by atoms with Gasteiger partial charge in [-0.05, 0) is 51.4 Å². The topological polar surface area (TPSA) is 98.8 Å². The van der Waals surface area contributed by atoms with E-state index in [0.717, 1.165) is 19.3 Å². The fourth-order valence-corrected chi connectivity index (χ4v) is 4.24. The van der Waals surface area contributed by atoms with Gasteiger partial charge in [0.2, 0.25) is 0 Å². The van der Waals surface area contributed by atoms with E-state index in [0.29, 0.717) is 37.1 Å². The molecule has 4 unspecified atom stereocenters. The predicted molar refractivity (Wildman–Crippen MR) is 110 cm³/mol. The van der Waals surface area contributed by atoms with Crippen LogP contribution in [-0.2, 0) is 9.63 Å². The van der Waals surface area contributed by atoms with E-state index in [1.165, 1.54) is 0 Å². The minimum Gasteiger partial charge on any atom is -0.354 e. The molecule has 8 nitrogen and oxygen atoms in total. The van der Waals surface area contributed by atoms with Crippen LogP contribution in [-0.4, -0.2) is 48.4 Å². The van der Waals surface area contributed by atoms with Gasteiger partial charge in [0.25, 0.3) is 5.91 Å². The lowest BCUT2D eigenvalue weighted by Crippen LogP contribution is -2.48. The Morgan fingerprint density at radius 3 is 2.45 bits per heavy atom. The summed E-state index contributed by atoms with van der Waals surface area (Å²) in [5.41, 5.74) is 9.49.